The van der Waals surface area contributed by atoms with Gasteiger partial charge in [0.05, 0.1) is 6.54 Å². The number of pyridine rings is 1. The lowest BCUT2D eigenvalue weighted by molar-refractivity contribution is -0.119. The minimum absolute atomic E-state index is 0.0315. The molecule has 0 radical (unpaired) electrons. The zero-order valence-corrected chi connectivity index (χ0v) is 10.1. The van der Waals surface area contributed by atoms with Gasteiger partial charge in [0.25, 0.3) is 0 Å². The van der Waals surface area contributed by atoms with Gasteiger partial charge in [-0.3, -0.25) is 4.79 Å². The van der Waals surface area contributed by atoms with Gasteiger partial charge >= 0.3 is 0 Å². The Morgan fingerprint density at radius 3 is 2.71 bits per heavy atom. The molecule has 0 aromatic carbocycles. The molecular formula is C9H14N4O3S. The maximum absolute atomic E-state index is 11.7. The lowest BCUT2D eigenvalue weighted by atomic mass is 10.5. The van der Waals surface area contributed by atoms with Crippen molar-refractivity contribution in [2.45, 2.75) is 11.8 Å². The summed E-state index contributed by atoms with van der Waals surface area (Å²) in [4.78, 5) is 14.7. The molecule has 0 fully saturated rings. The molecule has 1 rings (SSSR count). The van der Waals surface area contributed by atoms with Crippen LogP contribution in [0.4, 0.5) is 5.82 Å². The van der Waals surface area contributed by atoms with Crippen LogP contribution < -0.4 is 15.8 Å². The molecular weight excluding hydrogens is 244 g/mol. The fourth-order valence-electron chi connectivity index (χ4n) is 1.05. The lowest BCUT2D eigenvalue weighted by Crippen LogP contribution is -2.36. The molecule has 17 heavy (non-hydrogen) atoms. The molecule has 94 valence electrons. The van der Waals surface area contributed by atoms with E-state index in [1.165, 1.54) is 12.1 Å². The van der Waals surface area contributed by atoms with E-state index in [9.17, 15) is 13.2 Å². The molecule has 1 aromatic heterocycles. The summed E-state index contributed by atoms with van der Waals surface area (Å²) in [5.74, 6) is -0.160. The van der Waals surface area contributed by atoms with Crippen molar-refractivity contribution < 1.29 is 13.2 Å². The van der Waals surface area contributed by atoms with Gasteiger partial charge in [-0.25, -0.2) is 18.1 Å². The Morgan fingerprint density at radius 2 is 2.18 bits per heavy atom. The zero-order valence-electron chi connectivity index (χ0n) is 9.30. The SMILES string of the molecule is CCNC(=O)CNS(=O)(=O)c1ccc(N)nc1. The number of anilines is 1. The van der Waals surface area contributed by atoms with Crippen LogP contribution in [0.5, 0.6) is 0 Å². The number of hydrogen-bond acceptors (Lipinski definition) is 5. The van der Waals surface area contributed by atoms with Crippen LogP contribution in [-0.2, 0) is 14.8 Å². The van der Waals surface area contributed by atoms with Crippen LogP contribution in [0.2, 0.25) is 0 Å². The number of carbonyl (C=O) groups is 1. The topological polar surface area (TPSA) is 114 Å². The minimum atomic E-state index is -3.72. The quantitative estimate of drug-likeness (QED) is 0.632. The fourth-order valence-corrected chi connectivity index (χ4v) is 1.98. The van der Waals surface area contributed by atoms with Crippen LogP contribution in [0.25, 0.3) is 0 Å². The van der Waals surface area contributed by atoms with E-state index in [4.69, 9.17) is 5.73 Å². The van der Waals surface area contributed by atoms with Gasteiger partial charge in [-0.15, -0.1) is 0 Å². The van der Waals surface area contributed by atoms with Crippen molar-refractivity contribution in [3.63, 3.8) is 0 Å². The van der Waals surface area contributed by atoms with E-state index in [-0.39, 0.29) is 23.2 Å². The summed E-state index contributed by atoms with van der Waals surface area (Å²) in [6, 6.07) is 2.70. The number of nitrogens with two attached hydrogens (primary N) is 1. The van der Waals surface area contributed by atoms with Crippen molar-refractivity contribution in [2.24, 2.45) is 0 Å². The number of carbonyl (C=O) groups excluding carboxylic acids is 1. The zero-order chi connectivity index (χ0) is 12.9. The summed E-state index contributed by atoms with van der Waals surface area (Å²) in [5, 5.41) is 2.48. The summed E-state index contributed by atoms with van der Waals surface area (Å²) >= 11 is 0. The third-order valence-electron chi connectivity index (χ3n) is 1.87. The molecule has 7 nitrogen and oxygen atoms in total. The van der Waals surface area contributed by atoms with Crippen LogP contribution in [-0.4, -0.2) is 32.4 Å². The molecule has 1 aromatic rings. The average molecular weight is 258 g/mol. The Kier molecular flexibility index (Phi) is 4.41. The van der Waals surface area contributed by atoms with Gasteiger partial charge < -0.3 is 11.1 Å². The Bertz CT molecular complexity index is 483. The predicted molar refractivity (Wildman–Crippen MR) is 62.5 cm³/mol. The molecule has 0 spiro atoms. The van der Waals surface area contributed by atoms with Crippen LogP contribution in [0.1, 0.15) is 6.92 Å². The third kappa shape index (κ3) is 4.00. The summed E-state index contributed by atoms with van der Waals surface area (Å²) in [5.41, 5.74) is 5.34. The number of nitrogens with one attached hydrogen (secondary N) is 2. The number of amides is 1. The Balaban J connectivity index is 2.69. The highest BCUT2D eigenvalue weighted by atomic mass is 32.2. The monoisotopic (exact) mass is 258 g/mol. The summed E-state index contributed by atoms with van der Waals surface area (Å²) < 4.78 is 25.5. The fraction of sp³-hybridized carbons (Fsp3) is 0.333. The highest BCUT2D eigenvalue weighted by molar-refractivity contribution is 7.89. The first-order chi connectivity index (χ1) is 7.95. The van der Waals surface area contributed by atoms with Gasteiger partial charge in [0, 0.05) is 12.7 Å². The largest absolute Gasteiger partial charge is 0.384 e. The van der Waals surface area contributed by atoms with Crippen molar-refractivity contribution in [3.8, 4) is 0 Å². The molecule has 0 unspecified atom stereocenters. The number of sulfonamides is 1. The van der Waals surface area contributed by atoms with Crippen LogP contribution in [0.3, 0.4) is 0 Å². The van der Waals surface area contributed by atoms with E-state index in [0.717, 1.165) is 6.20 Å². The minimum Gasteiger partial charge on any atom is -0.384 e. The molecule has 0 aliphatic carbocycles. The van der Waals surface area contributed by atoms with Crippen LogP contribution >= 0.6 is 0 Å². The predicted octanol–water partition coefficient (Wildman–Crippen LogP) is -0.922. The smallest absolute Gasteiger partial charge is 0.242 e. The highest BCUT2D eigenvalue weighted by Gasteiger charge is 2.15. The highest BCUT2D eigenvalue weighted by Crippen LogP contribution is 2.07. The van der Waals surface area contributed by atoms with Crippen molar-refractivity contribution in [3.05, 3.63) is 18.3 Å². The number of aromatic nitrogens is 1. The second kappa shape index (κ2) is 5.60. The Hall–Kier alpha value is -1.67. The first kappa shape index (κ1) is 13.4. The summed E-state index contributed by atoms with van der Waals surface area (Å²) in [6.45, 7) is 1.89. The first-order valence-electron chi connectivity index (χ1n) is 4.93. The van der Waals surface area contributed by atoms with E-state index in [1.54, 1.807) is 6.92 Å². The molecule has 4 N–H and O–H groups in total. The van der Waals surface area contributed by atoms with Gasteiger partial charge in [-0.05, 0) is 19.1 Å². The van der Waals surface area contributed by atoms with Crippen molar-refractivity contribution in [1.82, 2.24) is 15.0 Å². The van der Waals surface area contributed by atoms with Gasteiger partial charge in [-0.2, -0.15) is 0 Å². The Labute approximate surface area is 99.5 Å². The summed E-state index contributed by atoms with van der Waals surface area (Å²) in [7, 11) is -3.72. The van der Waals surface area contributed by atoms with Crippen LogP contribution in [0, 0.1) is 0 Å². The molecule has 0 saturated carbocycles. The standard InChI is InChI=1S/C9H14N4O3S/c1-2-11-9(14)6-13-17(15,16)7-3-4-8(10)12-5-7/h3-5,13H,2,6H2,1H3,(H2,10,12)(H,11,14). The van der Waals surface area contributed by atoms with E-state index in [0.29, 0.717) is 6.54 Å². The van der Waals surface area contributed by atoms with Crippen molar-refractivity contribution in [2.75, 3.05) is 18.8 Å². The third-order valence-corrected chi connectivity index (χ3v) is 3.25. The lowest BCUT2D eigenvalue weighted by Gasteiger charge is -2.06. The molecule has 1 amide bonds. The van der Waals surface area contributed by atoms with Crippen molar-refractivity contribution in [1.29, 1.82) is 0 Å². The maximum Gasteiger partial charge on any atom is 0.242 e. The number of nitrogens with zero attached hydrogens (tertiary/aromatic N) is 1. The second-order valence-electron chi connectivity index (χ2n) is 3.20. The van der Waals surface area contributed by atoms with Gasteiger partial charge in [0.1, 0.15) is 10.7 Å². The van der Waals surface area contributed by atoms with E-state index in [1.807, 2.05) is 0 Å². The number of likely N-dealkylation sites (N-methyl/N-ethyl adjacent to an activating group) is 1. The van der Waals surface area contributed by atoms with Gasteiger partial charge in [0.2, 0.25) is 15.9 Å². The molecule has 8 heteroatoms. The molecule has 0 atom stereocenters. The van der Waals surface area contributed by atoms with Crippen molar-refractivity contribution >= 4 is 21.7 Å². The molecule has 0 bridgehead atoms. The van der Waals surface area contributed by atoms with Gasteiger partial charge in [-0.1, -0.05) is 0 Å². The van der Waals surface area contributed by atoms with E-state index >= 15 is 0 Å². The first-order valence-corrected chi connectivity index (χ1v) is 6.42. The number of nitrogen functional groups attached to an aromatic ring is 1. The average Bonchev–Trinajstić information content (AvgIpc) is 2.28. The van der Waals surface area contributed by atoms with E-state index in [2.05, 4.69) is 15.0 Å². The Morgan fingerprint density at radius 1 is 1.47 bits per heavy atom. The van der Waals surface area contributed by atoms with Gasteiger partial charge in [0.15, 0.2) is 0 Å². The normalized spacial score (nSPS) is 11.1. The molecule has 1 heterocycles. The van der Waals surface area contributed by atoms with E-state index < -0.39 is 10.0 Å². The maximum atomic E-state index is 11.7. The molecule has 0 aliphatic heterocycles. The molecule has 0 aliphatic rings. The number of rotatable bonds is 5. The molecule has 0 saturated heterocycles. The number of hydrogen-bond donors (Lipinski definition) is 3. The van der Waals surface area contributed by atoms with Crippen LogP contribution in [0.15, 0.2) is 23.2 Å². The second-order valence-corrected chi connectivity index (χ2v) is 4.96. The summed E-state index contributed by atoms with van der Waals surface area (Å²) in [6.07, 6.45) is 1.13.